The minimum absolute atomic E-state index is 0.135. The molecule has 0 radical (unpaired) electrons. The van der Waals surface area contributed by atoms with E-state index in [4.69, 9.17) is 10.5 Å². The number of ether oxygens (including phenoxy) is 1. The zero-order valence-corrected chi connectivity index (χ0v) is 9.85. The lowest BCUT2D eigenvalue weighted by molar-refractivity contribution is 0.0998. The number of hydrogen-bond donors (Lipinski definition) is 2. The highest BCUT2D eigenvalue weighted by Crippen LogP contribution is 2.18. The van der Waals surface area contributed by atoms with Gasteiger partial charge < -0.3 is 15.8 Å². The number of primary amides is 1. The number of hydrogen-bond acceptors (Lipinski definition) is 4. The summed E-state index contributed by atoms with van der Waals surface area (Å²) in [6.45, 7) is 4.04. The molecular formula is C12H17N3O2. The van der Waals surface area contributed by atoms with Crippen molar-refractivity contribution in [2.45, 2.75) is 19.4 Å². The third kappa shape index (κ3) is 2.94. The maximum Gasteiger partial charge on any atom is 0.250 e. The van der Waals surface area contributed by atoms with Gasteiger partial charge in [0.2, 0.25) is 11.8 Å². The Hall–Kier alpha value is -1.62. The van der Waals surface area contributed by atoms with Crippen LogP contribution in [0.25, 0.3) is 0 Å². The molecule has 3 N–H and O–H groups in total. The number of piperidine rings is 1. The zero-order chi connectivity index (χ0) is 12.3. The summed E-state index contributed by atoms with van der Waals surface area (Å²) in [5.74, 6) is 0.571. The Bertz CT molecular complexity index is 391. The molecular weight excluding hydrogens is 218 g/mol. The summed E-state index contributed by atoms with van der Waals surface area (Å²) in [6, 6.07) is 3.31. The lowest BCUT2D eigenvalue weighted by Crippen LogP contribution is -2.42. The summed E-state index contributed by atoms with van der Waals surface area (Å²) >= 11 is 0. The van der Waals surface area contributed by atoms with Gasteiger partial charge in [0.25, 0.3) is 0 Å². The molecule has 1 aromatic heterocycles. The van der Waals surface area contributed by atoms with Crippen molar-refractivity contribution in [2.24, 2.45) is 11.7 Å². The van der Waals surface area contributed by atoms with Crippen molar-refractivity contribution in [3.05, 3.63) is 23.9 Å². The van der Waals surface area contributed by atoms with Crippen LogP contribution in [0.2, 0.25) is 0 Å². The first-order valence-corrected chi connectivity index (χ1v) is 5.80. The van der Waals surface area contributed by atoms with Crippen LogP contribution >= 0.6 is 0 Å². The van der Waals surface area contributed by atoms with Gasteiger partial charge >= 0.3 is 0 Å². The van der Waals surface area contributed by atoms with E-state index < -0.39 is 5.91 Å². The molecule has 5 heteroatoms. The van der Waals surface area contributed by atoms with Gasteiger partial charge in [0.1, 0.15) is 6.10 Å². The van der Waals surface area contributed by atoms with Crippen LogP contribution in [0.1, 0.15) is 23.7 Å². The van der Waals surface area contributed by atoms with Crippen LogP contribution in [0.4, 0.5) is 0 Å². The van der Waals surface area contributed by atoms with E-state index in [-0.39, 0.29) is 6.10 Å². The topological polar surface area (TPSA) is 77.2 Å². The summed E-state index contributed by atoms with van der Waals surface area (Å²) in [5.41, 5.74) is 5.54. The van der Waals surface area contributed by atoms with E-state index in [1.807, 2.05) is 0 Å². The second kappa shape index (κ2) is 5.14. The van der Waals surface area contributed by atoms with Crippen molar-refractivity contribution < 1.29 is 9.53 Å². The largest absolute Gasteiger partial charge is 0.473 e. The summed E-state index contributed by atoms with van der Waals surface area (Å²) in [5, 5.41) is 3.29. The molecule has 0 aromatic carbocycles. The maximum absolute atomic E-state index is 10.9. The number of nitrogens with zero attached hydrogens (tertiary/aromatic N) is 1. The molecule has 2 rings (SSSR count). The van der Waals surface area contributed by atoms with Gasteiger partial charge in [-0.1, -0.05) is 6.92 Å². The molecule has 1 aliphatic rings. The first-order chi connectivity index (χ1) is 8.16. The molecule has 2 unspecified atom stereocenters. The number of nitrogens with two attached hydrogens (primary N) is 1. The van der Waals surface area contributed by atoms with Crippen LogP contribution < -0.4 is 15.8 Å². The molecule has 5 nitrogen and oxygen atoms in total. The number of pyridine rings is 1. The van der Waals surface area contributed by atoms with Gasteiger partial charge in [0.05, 0.1) is 5.56 Å². The van der Waals surface area contributed by atoms with Crippen molar-refractivity contribution in [3.8, 4) is 5.88 Å². The number of aromatic nitrogens is 1. The number of carbonyl (C=O) groups is 1. The van der Waals surface area contributed by atoms with Crippen LogP contribution in [-0.4, -0.2) is 30.1 Å². The molecule has 0 bridgehead atoms. The predicted octanol–water partition coefficient (Wildman–Crippen LogP) is 0.557. The first kappa shape index (κ1) is 11.9. The highest BCUT2D eigenvalue weighted by atomic mass is 16.5. The normalized spacial score (nSPS) is 24.3. The second-order valence-corrected chi connectivity index (χ2v) is 4.38. The third-order valence-corrected chi connectivity index (χ3v) is 3.05. The molecule has 1 aliphatic heterocycles. The maximum atomic E-state index is 10.9. The Kier molecular flexibility index (Phi) is 3.58. The standard InChI is InChI=1S/C12H17N3O2/c1-8-4-5-14-7-10(8)17-11-3-2-9(6-15-11)12(13)16/h2-3,6,8,10,14H,4-5,7H2,1H3,(H2,13,16). The second-order valence-electron chi connectivity index (χ2n) is 4.38. The molecule has 1 fully saturated rings. The van der Waals surface area contributed by atoms with Crippen LogP contribution in [0.15, 0.2) is 18.3 Å². The fourth-order valence-electron chi connectivity index (χ4n) is 1.87. The van der Waals surface area contributed by atoms with E-state index >= 15 is 0 Å². The molecule has 0 saturated carbocycles. The lowest BCUT2D eigenvalue weighted by atomic mass is 9.97. The molecule has 92 valence electrons. The number of rotatable bonds is 3. The minimum atomic E-state index is -0.475. The Morgan fingerprint density at radius 3 is 3.00 bits per heavy atom. The van der Waals surface area contributed by atoms with E-state index in [2.05, 4.69) is 17.2 Å². The summed E-state index contributed by atoms with van der Waals surface area (Å²) in [7, 11) is 0. The van der Waals surface area contributed by atoms with Gasteiger partial charge in [-0.05, 0) is 24.9 Å². The molecule has 0 aliphatic carbocycles. The monoisotopic (exact) mass is 235 g/mol. The van der Waals surface area contributed by atoms with Crippen LogP contribution in [0, 0.1) is 5.92 Å². The van der Waals surface area contributed by atoms with E-state index in [9.17, 15) is 4.79 Å². The molecule has 0 spiro atoms. The number of nitrogens with one attached hydrogen (secondary N) is 1. The van der Waals surface area contributed by atoms with E-state index in [1.165, 1.54) is 6.20 Å². The smallest absolute Gasteiger partial charge is 0.250 e. The van der Waals surface area contributed by atoms with Gasteiger partial charge in [-0.2, -0.15) is 0 Å². The van der Waals surface area contributed by atoms with Gasteiger partial charge in [-0.3, -0.25) is 4.79 Å². The fourth-order valence-corrected chi connectivity index (χ4v) is 1.87. The molecule has 1 amide bonds. The summed E-state index contributed by atoms with van der Waals surface area (Å²) < 4.78 is 5.78. The summed E-state index contributed by atoms with van der Waals surface area (Å²) in [4.78, 5) is 15.0. The summed E-state index contributed by atoms with van der Waals surface area (Å²) in [6.07, 6.45) is 2.68. The van der Waals surface area contributed by atoms with Gasteiger partial charge in [0.15, 0.2) is 0 Å². The third-order valence-electron chi connectivity index (χ3n) is 3.05. The van der Waals surface area contributed by atoms with E-state index in [0.717, 1.165) is 19.5 Å². The molecule has 17 heavy (non-hydrogen) atoms. The predicted molar refractivity (Wildman–Crippen MR) is 63.8 cm³/mol. The fraction of sp³-hybridized carbons (Fsp3) is 0.500. The molecule has 1 saturated heterocycles. The lowest BCUT2D eigenvalue weighted by Gasteiger charge is -2.29. The highest BCUT2D eigenvalue weighted by molar-refractivity contribution is 5.92. The molecule has 2 heterocycles. The quantitative estimate of drug-likeness (QED) is 0.802. The van der Waals surface area contributed by atoms with Crippen molar-refractivity contribution in [1.82, 2.24) is 10.3 Å². The Morgan fingerprint density at radius 1 is 1.59 bits per heavy atom. The Balaban J connectivity index is 2.00. The Labute approximate surface area is 100 Å². The molecule has 2 atom stereocenters. The first-order valence-electron chi connectivity index (χ1n) is 5.80. The van der Waals surface area contributed by atoms with Crippen molar-refractivity contribution in [3.63, 3.8) is 0 Å². The van der Waals surface area contributed by atoms with Crippen molar-refractivity contribution in [1.29, 1.82) is 0 Å². The van der Waals surface area contributed by atoms with Gasteiger partial charge in [-0.25, -0.2) is 4.98 Å². The van der Waals surface area contributed by atoms with Crippen molar-refractivity contribution in [2.75, 3.05) is 13.1 Å². The average molecular weight is 235 g/mol. The van der Waals surface area contributed by atoms with Crippen LogP contribution in [0.5, 0.6) is 5.88 Å². The minimum Gasteiger partial charge on any atom is -0.473 e. The van der Waals surface area contributed by atoms with Crippen LogP contribution in [0.3, 0.4) is 0 Å². The van der Waals surface area contributed by atoms with Gasteiger partial charge in [-0.15, -0.1) is 0 Å². The SMILES string of the molecule is CC1CCNCC1Oc1ccc(C(N)=O)cn1. The number of amides is 1. The number of carbonyl (C=O) groups excluding carboxylic acids is 1. The van der Waals surface area contributed by atoms with E-state index in [1.54, 1.807) is 12.1 Å². The highest BCUT2D eigenvalue weighted by Gasteiger charge is 2.22. The van der Waals surface area contributed by atoms with Gasteiger partial charge in [0, 0.05) is 18.8 Å². The van der Waals surface area contributed by atoms with Crippen molar-refractivity contribution >= 4 is 5.91 Å². The Morgan fingerprint density at radius 2 is 2.41 bits per heavy atom. The molecule has 1 aromatic rings. The average Bonchev–Trinajstić information content (AvgIpc) is 2.33. The van der Waals surface area contributed by atoms with Crippen LogP contribution in [-0.2, 0) is 0 Å². The zero-order valence-electron chi connectivity index (χ0n) is 9.85. The van der Waals surface area contributed by atoms with E-state index in [0.29, 0.717) is 17.4 Å².